The van der Waals surface area contributed by atoms with Crippen LogP contribution in [0.3, 0.4) is 0 Å². The van der Waals surface area contributed by atoms with Crippen LogP contribution in [0.2, 0.25) is 0 Å². The standard InChI is InChI=1S/C24H28N2O6S.C21H23N3O4S/c1-17(2)23(24(27)25-28)26(13-14-32-21-10-6-9-20(16-21)31-3)33(29,30)22-12-11-18-7-4-5-8-19(18)15-22;1-15(2)20(21(25)23-26)24(14-16-6-5-11-22-13-16)29(27,28)19-10-9-17-7-3-4-8-18(17)12-19/h4-12,15-17,23,28H,13-14H2,1-3H3,(H,25,27);3-13,15,20,26H,14H2,1-2H3,(H,23,25). The number of benzene rings is 5. The van der Waals surface area contributed by atoms with Gasteiger partial charge in [0.2, 0.25) is 20.0 Å². The molecule has 0 fully saturated rings. The third-order valence-electron chi connectivity index (χ3n) is 9.98. The van der Waals surface area contributed by atoms with E-state index < -0.39 is 49.9 Å². The maximum atomic E-state index is 13.7. The van der Waals surface area contributed by atoms with Crippen LogP contribution in [0, 0.1) is 11.8 Å². The number of hydrogen-bond acceptors (Lipinski definition) is 11. The van der Waals surface area contributed by atoms with E-state index in [1.807, 2.05) is 48.5 Å². The van der Waals surface area contributed by atoms with E-state index in [4.69, 9.17) is 9.47 Å². The zero-order valence-electron chi connectivity index (χ0n) is 35.0. The van der Waals surface area contributed by atoms with Gasteiger partial charge in [-0.05, 0) is 81.4 Å². The Bertz CT molecular complexity index is 2680. The maximum Gasteiger partial charge on any atom is 0.262 e. The van der Waals surface area contributed by atoms with Gasteiger partial charge in [-0.2, -0.15) is 8.61 Å². The van der Waals surface area contributed by atoms with E-state index in [2.05, 4.69) is 4.98 Å². The number of hydrogen-bond donors (Lipinski definition) is 4. The number of nitrogens with zero attached hydrogens (tertiary/aromatic N) is 3. The molecule has 5 aromatic carbocycles. The van der Waals surface area contributed by atoms with Gasteiger partial charge in [0.15, 0.2) is 0 Å². The molecule has 0 radical (unpaired) electrons. The first-order chi connectivity index (χ1) is 29.6. The Morgan fingerprint density at radius 1 is 0.629 bits per heavy atom. The number of pyridine rings is 1. The van der Waals surface area contributed by atoms with Gasteiger partial charge >= 0.3 is 0 Å². The van der Waals surface area contributed by atoms with Crippen molar-refractivity contribution in [2.24, 2.45) is 11.8 Å². The Labute approximate surface area is 361 Å². The first-order valence-corrected chi connectivity index (χ1v) is 22.5. The average Bonchev–Trinajstić information content (AvgIpc) is 3.28. The highest BCUT2D eigenvalue weighted by atomic mass is 32.2. The minimum Gasteiger partial charge on any atom is -0.497 e. The van der Waals surface area contributed by atoms with E-state index in [0.29, 0.717) is 17.1 Å². The van der Waals surface area contributed by atoms with Crippen LogP contribution in [0.1, 0.15) is 33.3 Å². The molecule has 0 aliphatic carbocycles. The predicted octanol–water partition coefficient (Wildman–Crippen LogP) is 6.40. The summed E-state index contributed by atoms with van der Waals surface area (Å²) in [6, 6.07) is 32.7. The number of carbonyl (C=O) groups is 2. The molecule has 62 heavy (non-hydrogen) atoms. The quantitative estimate of drug-likeness (QED) is 0.0583. The molecule has 2 atom stereocenters. The normalized spacial score (nSPS) is 12.8. The molecule has 2 amide bonds. The predicted molar refractivity (Wildman–Crippen MR) is 234 cm³/mol. The summed E-state index contributed by atoms with van der Waals surface area (Å²) in [4.78, 5) is 29.0. The highest BCUT2D eigenvalue weighted by Gasteiger charge is 2.39. The third kappa shape index (κ3) is 11.3. The molecule has 0 bridgehead atoms. The molecule has 0 saturated heterocycles. The number of rotatable bonds is 17. The first-order valence-electron chi connectivity index (χ1n) is 19.7. The lowest BCUT2D eigenvalue weighted by atomic mass is 10.0. The average molecular weight is 886 g/mol. The van der Waals surface area contributed by atoms with Crippen LogP contribution in [-0.2, 0) is 36.2 Å². The second-order valence-electron chi connectivity index (χ2n) is 14.9. The van der Waals surface area contributed by atoms with Crippen LogP contribution in [0.15, 0.2) is 144 Å². The Morgan fingerprint density at radius 3 is 1.61 bits per heavy atom. The van der Waals surface area contributed by atoms with Crippen LogP contribution >= 0.6 is 0 Å². The van der Waals surface area contributed by atoms with Gasteiger partial charge in [0.05, 0.1) is 16.9 Å². The van der Waals surface area contributed by atoms with Crippen molar-refractivity contribution in [2.75, 3.05) is 20.3 Å². The molecule has 0 aliphatic heterocycles. The van der Waals surface area contributed by atoms with Crippen molar-refractivity contribution in [3.05, 3.63) is 139 Å². The van der Waals surface area contributed by atoms with Gasteiger partial charge in [-0.3, -0.25) is 25.0 Å². The van der Waals surface area contributed by atoms with Crippen LogP contribution in [-0.4, -0.2) is 85.0 Å². The monoisotopic (exact) mass is 885 g/mol. The third-order valence-corrected chi connectivity index (χ3v) is 13.7. The summed E-state index contributed by atoms with van der Waals surface area (Å²) in [5.41, 5.74) is 3.84. The van der Waals surface area contributed by atoms with E-state index in [1.165, 1.54) is 19.2 Å². The molecule has 1 aromatic heterocycles. The molecule has 0 saturated carbocycles. The molecule has 2 unspecified atom stereocenters. The van der Waals surface area contributed by atoms with Crippen LogP contribution < -0.4 is 20.4 Å². The smallest absolute Gasteiger partial charge is 0.262 e. The number of methoxy groups -OCH3 is 1. The molecule has 0 spiro atoms. The Hall–Kier alpha value is -5.95. The van der Waals surface area contributed by atoms with Crippen molar-refractivity contribution in [1.29, 1.82) is 0 Å². The Balaban J connectivity index is 0.000000236. The molecule has 15 nitrogen and oxygen atoms in total. The highest BCUT2D eigenvalue weighted by Crippen LogP contribution is 2.29. The van der Waals surface area contributed by atoms with E-state index >= 15 is 0 Å². The summed E-state index contributed by atoms with van der Waals surface area (Å²) in [6.45, 7) is 6.71. The number of fused-ring (bicyclic) bond motifs is 2. The van der Waals surface area contributed by atoms with Gasteiger partial charge in [-0.15, -0.1) is 0 Å². The number of carbonyl (C=O) groups excluding carboxylic acids is 2. The molecule has 0 aliphatic rings. The number of nitrogens with one attached hydrogen (secondary N) is 2. The van der Waals surface area contributed by atoms with Crippen molar-refractivity contribution in [1.82, 2.24) is 24.6 Å². The lowest BCUT2D eigenvalue weighted by molar-refractivity contribution is -0.135. The molecule has 6 aromatic rings. The lowest BCUT2D eigenvalue weighted by Crippen LogP contribution is -2.52. The van der Waals surface area contributed by atoms with Crippen molar-refractivity contribution < 1.29 is 46.3 Å². The zero-order valence-corrected chi connectivity index (χ0v) is 36.6. The lowest BCUT2D eigenvalue weighted by Gasteiger charge is -2.32. The van der Waals surface area contributed by atoms with E-state index in [1.54, 1.807) is 112 Å². The SMILES string of the molecule is CC(C)C(C(=O)NO)N(Cc1cccnc1)S(=O)(=O)c1ccc2ccccc2c1.COc1cccc(OCCN(C(C(=O)NO)C(C)C)S(=O)(=O)c2ccc3ccccc3c2)c1. The minimum atomic E-state index is -4.10. The largest absolute Gasteiger partial charge is 0.497 e. The van der Waals surface area contributed by atoms with Crippen molar-refractivity contribution in [3.8, 4) is 11.5 Å². The molecule has 4 N–H and O–H groups in total. The fourth-order valence-electron chi connectivity index (χ4n) is 6.95. The van der Waals surface area contributed by atoms with Crippen LogP contribution in [0.5, 0.6) is 11.5 Å². The summed E-state index contributed by atoms with van der Waals surface area (Å²) >= 11 is 0. The van der Waals surface area contributed by atoms with Gasteiger partial charge < -0.3 is 9.47 Å². The van der Waals surface area contributed by atoms with Gasteiger partial charge in [0.1, 0.15) is 30.2 Å². The van der Waals surface area contributed by atoms with Gasteiger partial charge in [0, 0.05) is 31.5 Å². The number of hydroxylamine groups is 2. The van der Waals surface area contributed by atoms with Crippen molar-refractivity contribution in [2.45, 2.75) is 56.1 Å². The Kier molecular flexibility index (Phi) is 16.1. The fraction of sp³-hybridized carbons (Fsp3) is 0.267. The minimum absolute atomic E-state index is 0.0120. The van der Waals surface area contributed by atoms with E-state index in [-0.39, 0.29) is 35.4 Å². The van der Waals surface area contributed by atoms with Gasteiger partial charge in [-0.25, -0.2) is 27.8 Å². The summed E-state index contributed by atoms with van der Waals surface area (Å²) < 4.78 is 67.6. The second-order valence-corrected chi connectivity index (χ2v) is 18.7. The number of sulfonamides is 2. The van der Waals surface area contributed by atoms with Gasteiger partial charge in [0.25, 0.3) is 11.8 Å². The molecular formula is C45H51N5O10S2. The van der Waals surface area contributed by atoms with Crippen molar-refractivity contribution in [3.63, 3.8) is 0 Å². The fourth-order valence-corrected chi connectivity index (χ4v) is 10.4. The second kappa shape index (κ2) is 21.2. The van der Waals surface area contributed by atoms with E-state index in [9.17, 15) is 36.8 Å². The highest BCUT2D eigenvalue weighted by molar-refractivity contribution is 7.89. The van der Waals surface area contributed by atoms with Gasteiger partial charge in [-0.1, -0.05) is 100 Å². The zero-order chi connectivity index (χ0) is 45.0. The molecule has 1 heterocycles. The van der Waals surface area contributed by atoms with Crippen LogP contribution in [0.4, 0.5) is 0 Å². The first kappa shape index (κ1) is 47.1. The molecule has 328 valence electrons. The molecule has 17 heteroatoms. The van der Waals surface area contributed by atoms with Crippen LogP contribution in [0.25, 0.3) is 21.5 Å². The number of aromatic nitrogens is 1. The number of amides is 2. The molecule has 6 rings (SSSR count). The summed E-state index contributed by atoms with van der Waals surface area (Å²) in [5, 5.41) is 21.8. The topological polar surface area (TPSA) is 205 Å². The van der Waals surface area contributed by atoms with E-state index in [0.717, 1.165) is 30.2 Å². The maximum absolute atomic E-state index is 13.7. The molecular weight excluding hydrogens is 835 g/mol. The summed E-state index contributed by atoms with van der Waals surface area (Å²) in [6.07, 6.45) is 3.14. The Morgan fingerprint density at radius 2 is 1.13 bits per heavy atom. The summed E-state index contributed by atoms with van der Waals surface area (Å²) in [5.74, 6) is -1.28. The number of ether oxygens (including phenoxy) is 2. The van der Waals surface area contributed by atoms with Crippen molar-refractivity contribution >= 4 is 53.4 Å². The summed E-state index contributed by atoms with van der Waals surface area (Å²) in [7, 11) is -6.62.